The van der Waals surface area contributed by atoms with Gasteiger partial charge in [-0.3, -0.25) is 0 Å². The molecule has 2 heterocycles. The Morgan fingerprint density at radius 1 is 1.19 bits per heavy atom. The summed E-state index contributed by atoms with van der Waals surface area (Å²) in [5.74, 6) is 1.28. The highest BCUT2D eigenvalue weighted by Gasteiger charge is 2.09. The van der Waals surface area contributed by atoms with Gasteiger partial charge in [0.15, 0.2) is 0 Å². The van der Waals surface area contributed by atoms with E-state index in [1.54, 1.807) is 49.8 Å². The molecule has 0 radical (unpaired) electrons. The van der Waals surface area contributed by atoms with E-state index in [1.807, 2.05) is 0 Å². The van der Waals surface area contributed by atoms with E-state index in [0.29, 0.717) is 22.7 Å². The summed E-state index contributed by atoms with van der Waals surface area (Å²) in [7, 11) is 1.71. The molecular weight excluding hydrogens is 292 g/mol. The van der Waals surface area contributed by atoms with Crippen molar-refractivity contribution >= 4 is 17.5 Å². The number of halogens is 1. The first-order chi connectivity index (χ1) is 10.2. The van der Waals surface area contributed by atoms with Gasteiger partial charge in [-0.05, 0) is 24.3 Å². The zero-order valence-corrected chi connectivity index (χ0v) is 11.8. The molecule has 2 aromatic heterocycles. The van der Waals surface area contributed by atoms with E-state index >= 15 is 0 Å². The van der Waals surface area contributed by atoms with Crippen molar-refractivity contribution in [2.45, 2.75) is 0 Å². The second-order valence-corrected chi connectivity index (χ2v) is 4.44. The second-order valence-electron chi connectivity index (χ2n) is 4.00. The van der Waals surface area contributed by atoms with Crippen LogP contribution in [0.15, 0.2) is 42.7 Å². The fourth-order valence-electron chi connectivity index (χ4n) is 1.63. The Balaban J connectivity index is 1.96. The average Bonchev–Trinajstić information content (AvgIpc) is 3.01. The van der Waals surface area contributed by atoms with Crippen molar-refractivity contribution in [1.82, 2.24) is 24.7 Å². The number of hydrogen-bond acceptors (Lipinski definition) is 6. The number of hydrogen-bond donors (Lipinski definition) is 1. The molecule has 1 aromatic carbocycles. The van der Waals surface area contributed by atoms with Gasteiger partial charge in [-0.25, -0.2) is 4.68 Å². The van der Waals surface area contributed by atoms with Gasteiger partial charge in [-0.2, -0.15) is 20.1 Å². The Labute approximate surface area is 125 Å². The van der Waals surface area contributed by atoms with Crippen LogP contribution in [0.4, 0.5) is 5.95 Å². The van der Waals surface area contributed by atoms with E-state index in [2.05, 4.69) is 25.4 Å². The summed E-state index contributed by atoms with van der Waals surface area (Å²) in [6.07, 6.45) is 3.37. The largest absolute Gasteiger partial charge is 0.424 e. The monoisotopic (exact) mass is 302 g/mol. The quantitative estimate of drug-likeness (QED) is 0.798. The van der Waals surface area contributed by atoms with Crippen LogP contribution in [0.1, 0.15) is 0 Å². The van der Waals surface area contributed by atoms with Gasteiger partial charge in [0.05, 0.1) is 0 Å². The molecule has 0 unspecified atom stereocenters. The highest BCUT2D eigenvalue weighted by molar-refractivity contribution is 6.30. The average molecular weight is 303 g/mol. The van der Waals surface area contributed by atoms with Crippen molar-refractivity contribution in [1.29, 1.82) is 0 Å². The molecular formula is C13H11ClN6O. The van der Waals surface area contributed by atoms with Gasteiger partial charge in [-0.1, -0.05) is 17.7 Å². The minimum absolute atomic E-state index is 0.155. The zero-order chi connectivity index (χ0) is 14.7. The predicted octanol–water partition coefficient (Wildman–Crippen LogP) is 2.54. The van der Waals surface area contributed by atoms with Crippen molar-refractivity contribution in [3.63, 3.8) is 0 Å². The van der Waals surface area contributed by atoms with Crippen molar-refractivity contribution in [3.05, 3.63) is 47.7 Å². The van der Waals surface area contributed by atoms with Crippen LogP contribution in [-0.2, 0) is 0 Å². The molecule has 21 heavy (non-hydrogen) atoms. The van der Waals surface area contributed by atoms with Gasteiger partial charge in [0.2, 0.25) is 5.95 Å². The molecule has 0 aliphatic heterocycles. The molecule has 3 aromatic rings. The van der Waals surface area contributed by atoms with E-state index in [9.17, 15) is 0 Å². The Morgan fingerprint density at radius 3 is 2.81 bits per heavy atom. The molecule has 0 aliphatic carbocycles. The maximum absolute atomic E-state index is 5.92. The van der Waals surface area contributed by atoms with Gasteiger partial charge in [0.1, 0.15) is 5.75 Å². The number of anilines is 1. The summed E-state index contributed by atoms with van der Waals surface area (Å²) in [6.45, 7) is 0. The van der Waals surface area contributed by atoms with E-state index in [-0.39, 0.29) is 6.01 Å². The molecule has 0 atom stereocenters. The van der Waals surface area contributed by atoms with Gasteiger partial charge in [-0.15, -0.1) is 0 Å². The molecule has 1 N–H and O–H groups in total. The summed E-state index contributed by atoms with van der Waals surface area (Å²) < 4.78 is 7.13. The molecule has 3 rings (SSSR count). The van der Waals surface area contributed by atoms with Crippen LogP contribution in [-0.4, -0.2) is 31.8 Å². The Hall–Kier alpha value is -2.67. The lowest BCUT2D eigenvalue weighted by molar-refractivity contribution is 0.438. The number of nitrogens with zero attached hydrogens (tertiary/aromatic N) is 5. The van der Waals surface area contributed by atoms with E-state index in [4.69, 9.17) is 16.3 Å². The summed E-state index contributed by atoms with van der Waals surface area (Å²) in [4.78, 5) is 12.6. The van der Waals surface area contributed by atoms with Crippen LogP contribution < -0.4 is 10.1 Å². The van der Waals surface area contributed by atoms with Gasteiger partial charge in [0, 0.05) is 24.5 Å². The molecule has 0 bridgehead atoms. The highest BCUT2D eigenvalue weighted by Crippen LogP contribution is 2.22. The Bertz CT molecular complexity index is 746. The fraction of sp³-hybridized carbons (Fsp3) is 0.0769. The van der Waals surface area contributed by atoms with Crippen molar-refractivity contribution < 1.29 is 4.74 Å². The second kappa shape index (κ2) is 5.76. The van der Waals surface area contributed by atoms with E-state index < -0.39 is 0 Å². The summed E-state index contributed by atoms with van der Waals surface area (Å²) in [6, 6.07) is 8.92. The van der Waals surface area contributed by atoms with Crippen LogP contribution in [0.25, 0.3) is 5.95 Å². The molecule has 106 valence electrons. The van der Waals surface area contributed by atoms with Crippen molar-refractivity contribution in [3.8, 4) is 17.7 Å². The number of ether oxygens (including phenoxy) is 1. The lowest BCUT2D eigenvalue weighted by Gasteiger charge is -2.07. The zero-order valence-electron chi connectivity index (χ0n) is 11.1. The van der Waals surface area contributed by atoms with Crippen LogP contribution in [0.2, 0.25) is 5.02 Å². The fourth-order valence-corrected chi connectivity index (χ4v) is 1.81. The smallest absolute Gasteiger partial charge is 0.328 e. The van der Waals surface area contributed by atoms with Crippen LogP contribution in [0.5, 0.6) is 11.8 Å². The third-order valence-electron chi connectivity index (χ3n) is 2.54. The SMILES string of the molecule is CNc1nc(Oc2cccc(Cl)c2)nc(-n2cccn2)n1. The van der Waals surface area contributed by atoms with Crippen molar-refractivity contribution in [2.75, 3.05) is 12.4 Å². The first kappa shape index (κ1) is 13.3. The summed E-state index contributed by atoms with van der Waals surface area (Å²) in [5.41, 5.74) is 0. The van der Waals surface area contributed by atoms with Crippen molar-refractivity contribution in [2.24, 2.45) is 0 Å². The third kappa shape index (κ3) is 3.09. The van der Waals surface area contributed by atoms with Crippen LogP contribution >= 0.6 is 11.6 Å². The molecule has 7 nitrogen and oxygen atoms in total. The topological polar surface area (TPSA) is 77.8 Å². The predicted molar refractivity (Wildman–Crippen MR) is 78.0 cm³/mol. The highest BCUT2D eigenvalue weighted by atomic mass is 35.5. The van der Waals surface area contributed by atoms with Gasteiger partial charge >= 0.3 is 6.01 Å². The van der Waals surface area contributed by atoms with Crippen LogP contribution in [0.3, 0.4) is 0 Å². The normalized spacial score (nSPS) is 10.4. The summed E-state index contributed by atoms with van der Waals surface area (Å²) in [5, 5.41) is 7.51. The summed E-state index contributed by atoms with van der Waals surface area (Å²) >= 11 is 5.92. The van der Waals surface area contributed by atoms with Crippen LogP contribution in [0, 0.1) is 0 Å². The molecule has 0 fully saturated rings. The lowest BCUT2D eigenvalue weighted by Crippen LogP contribution is -2.08. The first-order valence-electron chi connectivity index (χ1n) is 6.12. The molecule has 8 heteroatoms. The number of benzene rings is 1. The minimum atomic E-state index is 0.155. The Morgan fingerprint density at radius 2 is 2.10 bits per heavy atom. The van der Waals surface area contributed by atoms with Gasteiger partial charge < -0.3 is 10.1 Å². The molecule has 0 amide bonds. The molecule has 0 saturated heterocycles. The molecule has 0 aliphatic rings. The first-order valence-corrected chi connectivity index (χ1v) is 6.49. The van der Waals surface area contributed by atoms with Gasteiger partial charge in [0.25, 0.3) is 5.95 Å². The molecule has 0 saturated carbocycles. The number of rotatable bonds is 4. The van der Waals surface area contributed by atoms with E-state index in [0.717, 1.165) is 0 Å². The number of nitrogens with one attached hydrogen (secondary N) is 1. The Kier molecular flexibility index (Phi) is 3.65. The third-order valence-corrected chi connectivity index (χ3v) is 2.78. The maximum atomic E-state index is 5.92. The number of aromatic nitrogens is 5. The standard InChI is InChI=1S/C13H11ClN6O/c1-15-11-17-12(20-7-3-6-16-20)19-13(18-11)21-10-5-2-4-9(14)8-10/h2-8H,1H3,(H,15,17,18,19). The van der Waals surface area contributed by atoms with E-state index in [1.165, 1.54) is 4.68 Å². The molecule has 0 spiro atoms. The lowest BCUT2D eigenvalue weighted by atomic mass is 10.3. The minimum Gasteiger partial charge on any atom is -0.424 e. The maximum Gasteiger partial charge on any atom is 0.328 e.